The molecule has 2 saturated heterocycles. The van der Waals surface area contributed by atoms with Crippen molar-refractivity contribution in [2.75, 3.05) is 50.9 Å². The lowest BCUT2D eigenvalue weighted by atomic mass is 10.0. The molecular weight excluding hydrogens is 557 g/mol. The van der Waals surface area contributed by atoms with Crippen molar-refractivity contribution in [2.45, 2.75) is 64.3 Å². The van der Waals surface area contributed by atoms with E-state index < -0.39 is 6.09 Å². The number of nitrogens with zero attached hydrogens (tertiary/aromatic N) is 5. The second-order valence-corrected chi connectivity index (χ2v) is 12.0. The fourth-order valence-corrected chi connectivity index (χ4v) is 6.41. The maximum absolute atomic E-state index is 14.1. The van der Waals surface area contributed by atoms with E-state index in [4.69, 9.17) is 9.47 Å². The summed E-state index contributed by atoms with van der Waals surface area (Å²) in [5.74, 6) is -0.293. The number of carbonyl (C=O) groups is 3. The Kier molecular flexibility index (Phi) is 9.28. The van der Waals surface area contributed by atoms with Gasteiger partial charge in [0, 0.05) is 43.8 Å². The van der Waals surface area contributed by atoms with Crippen LogP contribution >= 0.6 is 0 Å². The summed E-state index contributed by atoms with van der Waals surface area (Å²) in [4.78, 5) is 50.1. The Bertz CT molecular complexity index is 1330. The molecule has 0 radical (unpaired) electrons. The van der Waals surface area contributed by atoms with Crippen molar-refractivity contribution in [3.05, 3.63) is 53.0 Å². The van der Waals surface area contributed by atoms with Gasteiger partial charge in [-0.15, -0.1) is 0 Å². The summed E-state index contributed by atoms with van der Waals surface area (Å²) in [7, 11) is 0. The van der Waals surface area contributed by atoms with Crippen molar-refractivity contribution in [1.29, 1.82) is 0 Å². The first-order valence-corrected chi connectivity index (χ1v) is 14.8. The molecule has 0 spiro atoms. The highest BCUT2D eigenvalue weighted by atomic mass is 19.1. The quantitative estimate of drug-likeness (QED) is 0.481. The minimum Gasteiger partial charge on any atom is -0.474 e. The van der Waals surface area contributed by atoms with Gasteiger partial charge < -0.3 is 24.4 Å². The summed E-state index contributed by atoms with van der Waals surface area (Å²) in [6.07, 6.45) is 0.0272. The van der Waals surface area contributed by atoms with Crippen LogP contribution in [0.4, 0.5) is 14.9 Å². The van der Waals surface area contributed by atoms with Crippen molar-refractivity contribution in [3.63, 3.8) is 0 Å². The number of aldehydes is 1. The van der Waals surface area contributed by atoms with Gasteiger partial charge in [0.1, 0.15) is 23.8 Å². The lowest BCUT2D eigenvalue weighted by Gasteiger charge is -2.48. The molecule has 5 rings (SSSR count). The van der Waals surface area contributed by atoms with Gasteiger partial charge in [0.25, 0.3) is 0 Å². The van der Waals surface area contributed by atoms with Gasteiger partial charge in [-0.3, -0.25) is 19.4 Å². The number of fused-ring (bicyclic) bond motifs is 1. The molecule has 3 aliphatic heterocycles. The largest absolute Gasteiger partial charge is 0.474 e. The number of morpholine rings is 1. The summed E-state index contributed by atoms with van der Waals surface area (Å²) >= 11 is 0. The summed E-state index contributed by atoms with van der Waals surface area (Å²) in [5, 5.41) is 9.87. The van der Waals surface area contributed by atoms with Gasteiger partial charge in [0.15, 0.2) is 6.29 Å². The van der Waals surface area contributed by atoms with Gasteiger partial charge in [-0.25, -0.2) is 14.2 Å². The van der Waals surface area contributed by atoms with Gasteiger partial charge in [0.2, 0.25) is 11.8 Å². The van der Waals surface area contributed by atoms with E-state index >= 15 is 0 Å². The van der Waals surface area contributed by atoms with E-state index in [1.165, 1.54) is 17.0 Å². The number of ether oxygens (including phenoxy) is 2. The molecule has 0 aliphatic carbocycles. The van der Waals surface area contributed by atoms with E-state index in [1.54, 1.807) is 23.1 Å². The molecule has 2 aromatic rings. The monoisotopic (exact) mass is 597 g/mol. The summed E-state index contributed by atoms with van der Waals surface area (Å²) in [5.41, 5.74) is 2.09. The number of amides is 2. The molecule has 5 atom stereocenters. The van der Waals surface area contributed by atoms with Crippen LogP contribution in [0.15, 0.2) is 30.3 Å². The Balaban J connectivity index is 1.41. The summed E-state index contributed by atoms with van der Waals surface area (Å²) < 4.78 is 25.0. The molecule has 1 N–H and O–H groups in total. The van der Waals surface area contributed by atoms with Gasteiger partial charge in [-0.1, -0.05) is 12.1 Å². The molecule has 1 aromatic heterocycles. The van der Waals surface area contributed by atoms with Gasteiger partial charge in [-0.2, -0.15) is 0 Å². The van der Waals surface area contributed by atoms with Crippen molar-refractivity contribution in [1.82, 2.24) is 19.7 Å². The zero-order valence-corrected chi connectivity index (χ0v) is 25.1. The first-order chi connectivity index (χ1) is 20.5. The molecule has 12 heteroatoms. The number of benzene rings is 1. The molecule has 2 fully saturated rings. The second kappa shape index (κ2) is 12.9. The van der Waals surface area contributed by atoms with Crippen LogP contribution in [0.2, 0.25) is 0 Å². The lowest BCUT2D eigenvalue weighted by molar-refractivity contribution is -0.122. The molecule has 232 valence electrons. The third-order valence-electron chi connectivity index (χ3n) is 8.74. The fourth-order valence-electron chi connectivity index (χ4n) is 6.41. The second-order valence-electron chi connectivity index (χ2n) is 12.0. The molecule has 1 aromatic carbocycles. The van der Waals surface area contributed by atoms with Gasteiger partial charge >= 0.3 is 6.09 Å². The van der Waals surface area contributed by atoms with E-state index in [0.717, 1.165) is 5.56 Å². The average Bonchev–Trinajstić information content (AvgIpc) is 2.96. The van der Waals surface area contributed by atoms with Crippen LogP contribution in [0, 0.1) is 5.82 Å². The number of anilines is 1. The van der Waals surface area contributed by atoms with E-state index in [2.05, 4.69) is 28.6 Å². The lowest BCUT2D eigenvalue weighted by Crippen LogP contribution is -2.65. The third kappa shape index (κ3) is 6.66. The fraction of sp³-hybridized carbons (Fsp3) is 0.548. The number of halogens is 1. The molecule has 2 amide bonds. The molecule has 1 unspecified atom stereocenters. The van der Waals surface area contributed by atoms with E-state index in [1.807, 2.05) is 13.8 Å². The third-order valence-corrected chi connectivity index (χ3v) is 8.74. The number of carbonyl (C=O) groups excluding carboxylic acids is 2. The minimum atomic E-state index is -0.965. The minimum absolute atomic E-state index is 0.0854. The smallest absolute Gasteiger partial charge is 0.407 e. The Morgan fingerprint density at radius 1 is 1.02 bits per heavy atom. The summed E-state index contributed by atoms with van der Waals surface area (Å²) in [6.45, 7) is 10.8. The molecule has 11 nitrogen and oxygen atoms in total. The van der Waals surface area contributed by atoms with Crippen molar-refractivity contribution >= 4 is 24.0 Å². The van der Waals surface area contributed by atoms with Crippen LogP contribution in [-0.4, -0.2) is 119 Å². The number of aromatic nitrogens is 1. The normalized spacial score (nSPS) is 26.5. The zero-order chi connectivity index (χ0) is 30.8. The SMILES string of the molecule is CC1COc2nc(C=O)c(Cc3ccc(F)cc3)cc2N1C(=O)CN1C[C@@H](C)N(C(=O)O)C[C@@H]1CN1[C@H](C)COC[C@H]1C. The Labute approximate surface area is 251 Å². The maximum Gasteiger partial charge on any atom is 0.407 e. The molecule has 0 bridgehead atoms. The number of pyridine rings is 1. The van der Waals surface area contributed by atoms with Crippen LogP contribution in [0.25, 0.3) is 0 Å². The highest BCUT2D eigenvalue weighted by Crippen LogP contribution is 2.35. The van der Waals surface area contributed by atoms with Crippen molar-refractivity contribution in [3.8, 4) is 5.88 Å². The highest BCUT2D eigenvalue weighted by molar-refractivity contribution is 5.97. The highest BCUT2D eigenvalue weighted by Gasteiger charge is 2.40. The topological polar surface area (TPSA) is 116 Å². The predicted octanol–water partition coefficient (Wildman–Crippen LogP) is 2.90. The predicted molar refractivity (Wildman–Crippen MR) is 157 cm³/mol. The van der Waals surface area contributed by atoms with E-state index in [9.17, 15) is 23.9 Å². The average molecular weight is 598 g/mol. The van der Waals surface area contributed by atoms with Gasteiger partial charge in [0.05, 0.1) is 25.8 Å². The van der Waals surface area contributed by atoms with E-state index in [-0.39, 0.29) is 66.7 Å². The molecule has 4 heterocycles. The summed E-state index contributed by atoms with van der Waals surface area (Å²) in [6, 6.07) is 7.37. The standard InChI is InChI=1S/C31H40FN5O6/c1-19-11-34(26(13-36(19)31(40)41)12-35-20(2)16-42-17-21(35)3)14-29(39)37-22(4)18-43-30-28(37)10-24(27(15-38)33-30)9-23-5-7-25(32)8-6-23/h5-8,10,15,19-22,26H,9,11-14,16-18H2,1-4H3,(H,40,41)/t19-,20-,21-,22?,26+/m1/s1. The first kappa shape index (κ1) is 30.8. The van der Waals surface area contributed by atoms with Crippen LogP contribution in [0.5, 0.6) is 5.88 Å². The van der Waals surface area contributed by atoms with Crippen LogP contribution in [0.3, 0.4) is 0 Å². The van der Waals surface area contributed by atoms with Crippen LogP contribution in [-0.2, 0) is 16.0 Å². The number of hydrogen-bond donors (Lipinski definition) is 1. The van der Waals surface area contributed by atoms with Crippen molar-refractivity contribution < 1.29 is 33.4 Å². The Morgan fingerprint density at radius 2 is 1.72 bits per heavy atom. The Morgan fingerprint density at radius 3 is 2.37 bits per heavy atom. The number of carboxylic acid groups (broad SMARTS) is 1. The first-order valence-electron chi connectivity index (χ1n) is 14.8. The number of rotatable bonds is 7. The van der Waals surface area contributed by atoms with Gasteiger partial charge in [-0.05, 0) is 63.4 Å². The molecule has 0 saturated carbocycles. The van der Waals surface area contributed by atoms with E-state index in [0.29, 0.717) is 56.8 Å². The van der Waals surface area contributed by atoms with Crippen molar-refractivity contribution in [2.24, 2.45) is 0 Å². The van der Waals surface area contributed by atoms with Crippen LogP contribution < -0.4 is 9.64 Å². The Hall–Kier alpha value is -3.61. The van der Waals surface area contributed by atoms with Crippen LogP contribution in [0.1, 0.15) is 49.3 Å². The molecule has 43 heavy (non-hydrogen) atoms. The molecular formula is C31H40FN5O6. The number of hydrogen-bond acceptors (Lipinski definition) is 8. The zero-order valence-electron chi connectivity index (χ0n) is 25.1. The molecule has 3 aliphatic rings. The number of piperazine rings is 1. The maximum atomic E-state index is 14.1.